The molecule has 152 valence electrons. The van der Waals surface area contributed by atoms with Gasteiger partial charge in [-0.2, -0.15) is 0 Å². The zero-order valence-corrected chi connectivity index (χ0v) is 16.6. The molecule has 0 radical (unpaired) electrons. The quantitative estimate of drug-likeness (QED) is 0.730. The Morgan fingerprint density at radius 2 is 1.74 bits per heavy atom. The third kappa shape index (κ3) is 7.07. The number of hydrogen-bond acceptors (Lipinski definition) is 5. The van der Waals surface area contributed by atoms with Crippen LogP contribution in [0.15, 0.2) is 24.3 Å². The summed E-state index contributed by atoms with van der Waals surface area (Å²) in [6.07, 6.45) is 6.83. The first kappa shape index (κ1) is 20.6. The lowest BCUT2D eigenvalue weighted by atomic mass is 9.97. The maximum absolute atomic E-state index is 10.3. The second-order valence-corrected chi connectivity index (χ2v) is 8.23. The molecule has 0 saturated carbocycles. The highest BCUT2D eigenvalue weighted by atomic mass is 16.5. The molecule has 0 aliphatic carbocycles. The van der Waals surface area contributed by atoms with Crippen LogP contribution in [0.4, 0.5) is 0 Å². The molecule has 1 unspecified atom stereocenters. The molecule has 0 aromatic heterocycles. The fraction of sp³-hybridized carbons (Fsp3) is 0.727. The molecule has 27 heavy (non-hydrogen) atoms. The van der Waals surface area contributed by atoms with E-state index < -0.39 is 6.10 Å². The molecule has 2 fully saturated rings. The van der Waals surface area contributed by atoms with E-state index in [-0.39, 0.29) is 0 Å². The molecule has 1 aromatic rings. The first-order chi connectivity index (χ1) is 13.2. The van der Waals surface area contributed by atoms with E-state index in [4.69, 9.17) is 4.74 Å². The Bertz CT molecular complexity index is 538. The van der Waals surface area contributed by atoms with E-state index in [9.17, 15) is 10.2 Å². The van der Waals surface area contributed by atoms with Crippen LogP contribution in [0.3, 0.4) is 0 Å². The summed E-state index contributed by atoms with van der Waals surface area (Å²) < 4.78 is 5.88. The molecule has 0 amide bonds. The average Bonchev–Trinajstić information content (AvgIpc) is 2.96. The van der Waals surface area contributed by atoms with Crippen molar-refractivity contribution in [2.24, 2.45) is 5.92 Å². The van der Waals surface area contributed by atoms with Crippen molar-refractivity contribution in [3.8, 4) is 5.75 Å². The van der Waals surface area contributed by atoms with Crippen molar-refractivity contribution in [2.45, 2.75) is 51.2 Å². The lowest BCUT2D eigenvalue weighted by molar-refractivity contribution is 0.0693. The van der Waals surface area contributed by atoms with Crippen molar-refractivity contribution >= 4 is 0 Å². The van der Waals surface area contributed by atoms with E-state index in [0.717, 1.165) is 51.3 Å². The summed E-state index contributed by atoms with van der Waals surface area (Å²) in [5, 5.41) is 19.6. The lowest BCUT2D eigenvalue weighted by Crippen LogP contribution is -2.36. The van der Waals surface area contributed by atoms with Gasteiger partial charge in [-0.15, -0.1) is 0 Å². The molecule has 5 nitrogen and oxygen atoms in total. The molecule has 1 aromatic carbocycles. The second-order valence-electron chi connectivity index (χ2n) is 8.23. The third-order valence-corrected chi connectivity index (χ3v) is 5.88. The Hall–Kier alpha value is -1.14. The van der Waals surface area contributed by atoms with Gasteiger partial charge in [-0.05, 0) is 75.5 Å². The number of β-amino-alcohol motifs (C(OH)–C–C–N with tert-alkyl or cyclic N) is 1. The molecule has 3 rings (SSSR count). The maximum Gasteiger partial charge on any atom is 0.119 e. The Morgan fingerprint density at radius 1 is 1.00 bits per heavy atom. The molecule has 2 aliphatic heterocycles. The number of likely N-dealkylation sites (tertiary alicyclic amines) is 2. The molecule has 2 aliphatic rings. The molecule has 2 N–H and O–H groups in total. The zero-order valence-electron chi connectivity index (χ0n) is 16.6. The van der Waals surface area contributed by atoms with Gasteiger partial charge < -0.3 is 19.8 Å². The predicted molar refractivity (Wildman–Crippen MR) is 108 cm³/mol. The van der Waals surface area contributed by atoms with Gasteiger partial charge in [-0.1, -0.05) is 25.0 Å². The van der Waals surface area contributed by atoms with Crippen LogP contribution in [0.5, 0.6) is 5.75 Å². The minimum absolute atomic E-state index is 0.316. The number of piperidine rings is 1. The largest absolute Gasteiger partial charge is 0.491 e. The number of rotatable bonds is 8. The molecule has 0 bridgehead atoms. The Labute approximate surface area is 163 Å². The van der Waals surface area contributed by atoms with Crippen LogP contribution in [0.1, 0.15) is 44.1 Å². The van der Waals surface area contributed by atoms with Crippen molar-refractivity contribution in [1.29, 1.82) is 0 Å². The number of hydrogen-bond donors (Lipinski definition) is 2. The number of nitrogens with zero attached hydrogens (tertiary/aromatic N) is 2. The summed E-state index contributed by atoms with van der Waals surface area (Å²) >= 11 is 0. The van der Waals surface area contributed by atoms with Gasteiger partial charge in [0.05, 0.1) is 0 Å². The zero-order chi connectivity index (χ0) is 18.9. The van der Waals surface area contributed by atoms with Gasteiger partial charge in [0.1, 0.15) is 18.5 Å². The van der Waals surface area contributed by atoms with Gasteiger partial charge in [0.25, 0.3) is 0 Å². The minimum Gasteiger partial charge on any atom is -0.491 e. The monoisotopic (exact) mass is 376 g/mol. The van der Waals surface area contributed by atoms with E-state index in [1.807, 2.05) is 12.1 Å². The van der Waals surface area contributed by atoms with Crippen LogP contribution >= 0.6 is 0 Å². The predicted octanol–water partition coefficient (Wildman–Crippen LogP) is 2.51. The van der Waals surface area contributed by atoms with Crippen LogP contribution in [-0.2, 0) is 6.54 Å². The summed E-state index contributed by atoms with van der Waals surface area (Å²) in [4.78, 5) is 4.81. The number of ether oxygens (including phenoxy) is 1. The number of benzene rings is 1. The summed E-state index contributed by atoms with van der Waals surface area (Å²) in [5.41, 5.74) is 1.25. The minimum atomic E-state index is -0.440. The summed E-state index contributed by atoms with van der Waals surface area (Å²) in [6.45, 7) is 6.58. The SMILES string of the molecule is OCC1CCN(Cc2cccc(OCC(O)CN3CCCCCC3)c2)CC1. The lowest BCUT2D eigenvalue weighted by Gasteiger charge is -2.31. The van der Waals surface area contributed by atoms with E-state index in [0.29, 0.717) is 25.7 Å². The highest BCUT2D eigenvalue weighted by Crippen LogP contribution is 2.20. The second kappa shape index (κ2) is 11.0. The summed E-state index contributed by atoms with van der Waals surface area (Å²) in [7, 11) is 0. The van der Waals surface area contributed by atoms with E-state index in [1.54, 1.807) is 0 Å². The first-order valence-electron chi connectivity index (χ1n) is 10.7. The van der Waals surface area contributed by atoms with Crippen LogP contribution in [0.2, 0.25) is 0 Å². The van der Waals surface area contributed by atoms with Crippen molar-refractivity contribution in [1.82, 2.24) is 9.80 Å². The smallest absolute Gasteiger partial charge is 0.119 e. The Morgan fingerprint density at radius 3 is 2.44 bits per heavy atom. The molecule has 2 heterocycles. The molecular formula is C22H36N2O3. The number of aliphatic hydroxyl groups excluding tert-OH is 2. The van der Waals surface area contributed by atoms with Crippen molar-refractivity contribution in [2.75, 3.05) is 45.9 Å². The summed E-state index contributed by atoms with van der Waals surface area (Å²) in [6, 6.07) is 8.24. The van der Waals surface area contributed by atoms with Gasteiger partial charge in [0.2, 0.25) is 0 Å². The third-order valence-electron chi connectivity index (χ3n) is 5.88. The van der Waals surface area contributed by atoms with Gasteiger partial charge >= 0.3 is 0 Å². The Balaban J connectivity index is 1.42. The first-order valence-corrected chi connectivity index (χ1v) is 10.7. The normalized spacial score (nSPS) is 21.7. The fourth-order valence-corrected chi connectivity index (χ4v) is 4.18. The van der Waals surface area contributed by atoms with Crippen LogP contribution in [0, 0.1) is 5.92 Å². The highest BCUT2D eigenvalue weighted by Gasteiger charge is 2.18. The van der Waals surface area contributed by atoms with Crippen molar-refractivity contribution in [3.63, 3.8) is 0 Å². The topological polar surface area (TPSA) is 56.2 Å². The standard InChI is InChI=1S/C22H36N2O3/c25-17-19-8-12-24(13-9-19)15-20-6-5-7-22(14-20)27-18-21(26)16-23-10-3-1-2-4-11-23/h5-7,14,19,21,25-26H,1-4,8-13,15-18H2. The molecule has 5 heteroatoms. The van der Waals surface area contributed by atoms with E-state index in [1.165, 1.54) is 31.2 Å². The average molecular weight is 377 g/mol. The van der Waals surface area contributed by atoms with Crippen LogP contribution in [-0.4, -0.2) is 72.1 Å². The number of aliphatic hydroxyl groups is 2. The van der Waals surface area contributed by atoms with Crippen LogP contribution < -0.4 is 4.74 Å². The molecule has 0 spiro atoms. The van der Waals surface area contributed by atoms with Gasteiger partial charge in [0, 0.05) is 19.7 Å². The van der Waals surface area contributed by atoms with Gasteiger partial charge in [-0.25, -0.2) is 0 Å². The van der Waals surface area contributed by atoms with E-state index >= 15 is 0 Å². The van der Waals surface area contributed by atoms with Gasteiger partial charge in [0.15, 0.2) is 0 Å². The van der Waals surface area contributed by atoms with Crippen molar-refractivity contribution < 1.29 is 14.9 Å². The Kier molecular flexibility index (Phi) is 8.39. The summed E-state index contributed by atoms with van der Waals surface area (Å²) in [5.74, 6) is 1.31. The molecule has 2 saturated heterocycles. The highest BCUT2D eigenvalue weighted by molar-refractivity contribution is 5.28. The van der Waals surface area contributed by atoms with Crippen molar-refractivity contribution in [3.05, 3.63) is 29.8 Å². The molecular weight excluding hydrogens is 340 g/mol. The molecule has 1 atom stereocenters. The van der Waals surface area contributed by atoms with Crippen LogP contribution in [0.25, 0.3) is 0 Å². The van der Waals surface area contributed by atoms with Gasteiger partial charge in [-0.3, -0.25) is 4.90 Å². The fourth-order valence-electron chi connectivity index (χ4n) is 4.18. The maximum atomic E-state index is 10.3. The van der Waals surface area contributed by atoms with E-state index in [2.05, 4.69) is 21.9 Å².